The number of hydrogen-bond donors (Lipinski definition) is 1. The third-order valence-corrected chi connectivity index (χ3v) is 5.36. The van der Waals surface area contributed by atoms with Gasteiger partial charge in [0.05, 0.1) is 17.9 Å². The van der Waals surface area contributed by atoms with E-state index in [-0.39, 0.29) is 17.9 Å². The SMILES string of the molecule is CC1CC(C(=O)O)C(C(=O)N(C)C(C)c2cccs2)C1. The molecule has 0 aliphatic heterocycles. The number of nitrogens with zero attached hydrogens (tertiary/aromatic N) is 1. The predicted octanol–water partition coefficient (Wildman–Crippen LogP) is 3.01. The highest BCUT2D eigenvalue weighted by Gasteiger charge is 2.42. The van der Waals surface area contributed by atoms with Crippen molar-refractivity contribution in [3.63, 3.8) is 0 Å². The summed E-state index contributed by atoms with van der Waals surface area (Å²) in [6.45, 7) is 4.00. The molecule has 1 heterocycles. The summed E-state index contributed by atoms with van der Waals surface area (Å²) in [6, 6.07) is 3.96. The number of carbonyl (C=O) groups is 2. The van der Waals surface area contributed by atoms with Crippen molar-refractivity contribution in [2.24, 2.45) is 17.8 Å². The molecule has 0 spiro atoms. The zero-order valence-corrected chi connectivity index (χ0v) is 12.9. The van der Waals surface area contributed by atoms with Gasteiger partial charge in [0.1, 0.15) is 0 Å². The highest BCUT2D eigenvalue weighted by Crippen LogP contribution is 2.38. The molecule has 1 N–H and O–H groups in total. The molecule has 1 aromatic heterocycles. The quantitative estimate of drug-likeness (QED) is 0.929. The van der Waals surface area contributed by atoms with Crippen LogP contribution in [0.1, 0.15) is 37.6 Å². The molecule has 4 nitrogen and oxygen atoms in total. The Balaban J connectivity index is 2.12. The average Bonchev–Trinajstić information content (AvgIpc) is 3.04. The van der Waals surface area contributed by atoms with E-state index in [2.05, 4.69) is 0 Å². The molecule has 1 amide bonds. The van der Waals surface area contributed by atoms with Crippen LogP contribution in [-0.4, -0.2) is 28.9 Å². The van der Waals surface area contributed by atoms with Crippen LogP contribution in [0.3, 0.4) is 0 Å². The number of aliphatic carboxylic acids is 1. The van der Waals surface area contributed by atoms with Gasteiger partial charge in [-0.1, -0.05) is 13.0 Å². The number of carboxylic acids is 1. The van der Waals surface area contributed by atoms with E-state index in [1.165, 1.54) is 0 Å². The molecule has 1 aliphatic carbocycles. The average molecular weight is 295 g/mol. The summed E-state index contributed by atoms with van der Waals surface area (Å²) >= 11 is 1.62. The number of rotatable bonds is 4. The lowest BCUT2D eigenvalue weighted by atomic mass is 9.94. The smallest absolute Gasteiger partial charge is 0.307 e. The summed E-state index contributed by atoms with van der Waals surface area (Å²) in [5, 5.41) is 11.3. The number of hydrogen-bond acceptors (Lipinski definition) is 3. The Morgan fingerprint density at radius 2 is 2.05 bits per heavy atom. The second kappa shape index (κ2) is 5.95. The highest BCUT2D eigenvalue weighted by molar-refractivity contribution is 7.10. The zero-order valence-electron chi connectivity index (χ0n) is 12.1. The molecule has 1 aliphatic rings. The fourth-order valence-electron chi connectivity index (χ4n) is 3.01. The van der Waals surface area contributed by atoms with E-state index >= 15 is 0 Å². The van der Waals surface area contributed by atoms with Gasteiger partial charge in [-0.15, -0.1) is 11.3 Å². The topological polar surface area (TPSA) is 57.6 Å². The fourth-order valence-corrected chi connectivity index (χ4v) is 3.84. The van der Waals surface area contributed by atoms with Gasteiger partial charge in [0.15, 0.2) is 0 Å². The van der Waals surface area contributed by atoms with Gasteiger partial charge in [-0.3, -0.25) is 9.59 Å². The van der Waals surface area contributed by atoms with Crippen LogP contribution in [0.2, 0.25) is 0 Å². The minimum Gasteiger partial charge on any atom is -0.481 e. The lowest BCUT2D eigenvalue weighted by Crippen LogP contribution is -2.38. The minimum atomic E-state index is -0.843. The van der Waals surface area contributed by atoms with Crippen molar-refractivity contribution >= 4 is 23.2 Å². The highest BCUT2D eigenvalue weighted by atomic mass is 32.1. The van der Waals surface area contributed by atoms with E-state index in [9.17, 15) is 14.7 Å². The van der Waals surface area contributed by atoms with Crippen LogP contribution in [0.15, 0.2) is 17.5 Å². The number of amides is 1. The van der Waals surface area contributed by atoms with Crippen LogP contribution >= 0.6 is 11.3 Å². The molecule has 1 saturated carbocycles. The monoisotopic (exact) mass is 295 g/mol. The van der Waals surface area contributed by atoms with Crippen molar-refractivity contribution < 1.29 is 14.7 Å². The van der Waals surface area contributed by atoms with Crippen molar-refractivity contribution in [1.29, 1.82) is 0 Å². The van der Waals surface area contributed by atoms with Gasteiger partial charge in [0.2, 0.25) is 5.91 Å². The Morgan fingerprint density at radius 1 is 1.40 bits per heavy atom. The molecule has 0 radical (unpaired) electrons. The van der Waals surface area contributed by atoms with Gasteiger partial charge < -0.3 is 10.0 Å². The van der Waals surface area contributed by atoms with Gasteiger partial charge in [-0.05, 0) is 37.1 Å². The second-order valence-corrected chi connectivity index (χ2v) is 6.75. The first-order valence-electron chi connectivity index (χ1n) is 6.94. The van der Waals surface area contributed by atoms with Crippen LogP contribution in [-0.2, 0) is 9.59 Å². The van der Waals surface area contributed by atoms with E-state index in [0.717, 1.165) is 4.88 Å². The molecule has 0 saturated heterocycles. The Bertz CT molecular complexity index is 485. The van der Waals surface area contributed by atoms with Gasteiger partial charge in [0.25, 0.3) is 0 Å². The van der Waals surface area contributed by atoms with Crippen LogP contribution in [0, 0.1) is 17.8 Å². The van der Waals surface area contributed by atoms with Gasteiger partial charge in [0, 0.05) is 11.9 Å². The van der Waals surface area contributed by atoms with E-state index in [1.807, 2.05) is 31.4 Å². The maximum atomic E-state index is 12.6. The summed E-state index contributed by atoms with van der Waals surface area (Å²) in [7, 11) is 1.77. The number of carbonyl (C=O) groups excluding carboxylic acids is 1. The number of carboxylic acid groups (broad SMARTS) is 1. The van der Waals surface area contributed by atoms with Crippen molar-refractivity contribution in [3.8, 4) is 0 Å². The third-order valence-electron chi connectivity index (χ3n) is 4.32. The van der Waals surface area contributed by atoms with Gasteiger partial charge in [-0.25, -0.2) is 0 Å². The molecule has 110 valence electrons. The molecule has 0 aromatic carbocycles. The maximum absolute atomic E-state index is 12.6. The number of thiophene rings is 1. The fraction of sp³-hybridized carbons (Fsp3) is 0.600. The second-order valence-electron chi connectivity index (χ2n) is 5.77. The molecular weight excluding hydrogens is 274 g/mol. The van der Waals surface area contributed by atoms with E-state index in [1.54, 1.807) is 23.3 Å². The third kappa shape index (κ3) is 2.87. The predicted molar refractivity (Wildman–Crippen MR) is 78.5 cm³/mol. The van der Waals surface area contributed by atoms with Crippen molar-refractivity contribution in [3.05, 3.63) is 22.4 Å². The largest absolute Gasteiger partial charge is 0.481 e. The molecule has 4 atom stereocenters. The summed E-state index contributed by atoms with van der Waals surface area (Å²) in [5.74, 6) is -1.49. The van der Waals surface area contributed by atoms with Crippen molar-refractivity contribution in [1.82, 2.24) is 4.90 Å². The van der Waals surface area contributed by atoms with Crippen molar-refractivity contribution in [2.45, 2.75) is 32.7 Å². The van der Waals surface area contributed by atoms with E-state index in [0.29, 0.717) is 18.8 Å². The van der Waals surface area contributed by atoms with E-state index in [4.69, 9.17) is 0 Å². The molecule has 20 heavy (non-hydrogen) atoms. The van der Waals surface area contributed by atoms with E-state index < -0.39 is 11.9 Å². The molecular formula is C15H21NO3S. The Kier molecular flexibility index (Phi) is 4.48. The Hall–Kier alpha value is -1.36. The first-order valence-corrected chi connectivity index (χ1v) is 7.82. The van der Waals surface area contributed by atoms with Crippen molar-refractivity contribution in [2.75, 3.05) is 7.05 Å². The maximum Gasteiger partial charge on any atom is 0.307 e. The first-order chi connectivity index (χ1) is 9.41. The summed E-state index contributed by atoms with van der Waals surface area (Å²) in [5.41, 5.74) is 0. The Morgan fingerprint density at radius 3 is 2.60 bits per heavy atom. The molecule has 1 fully saturated rings. The normalized spacial score (nSPS) is 27.2. The summed E-state index contributed by atoms with van der Waals surface area (Å²) < 4.78 is 0. The molecule has 2 rings (SSSR count). The molecule has 0 bridgehead atoms. The van der Waals surface area contributed by atoms with Crippen LogP contribution < -0.4 is 0 Å². The molecule has 1 aromatic rings. The standard InChI is InChI=1S/C15H21NO3S/c1-9-7-11(12(8-9)15(18)19)14(17)16(3)10(2)13-5-4-6-20-13/h4-6,9-12H,7-8H2,1-3H3,(H,18,19). The lowest BCUT2D eigenvalue weighted by molar-refractivity contribution is -0.149. The summed E-state index contributed by atoms with van der Waals surface area (Å²) in [6.07, 6.45) is 1.28. The van der Waals surface area contributed by atoms with Gasteiger partial charge >= 0.3 is 5.97 Å². The van der Waals surface area contributed by atoms with Crippen LogP contribution in [0.4, 0.5) is 0 Å². The molecule has 4 unspecified atom stereocenters. The van der Waals surface area contributed by atoms with Crippen LogP contribution in [0.5, 0.6) is 0 Å². The minimum absolute atomic E-state index is 0.00662. The van der Waals surface area contributed by atoms with Crippen LogP contribution in [0.25, 0.3) is 0 Å². The molecule has 5 heteroatoms. The Labute approximate surface area is 123 Å². The zero-order chi connectivity index (χ0) is 14.9. The summed E-state index contributed by atoms with van der Waals surface area (Å²) in [4.78, 5) is 26.7. The van der Waals surface area contributed by atoms with Gasteiger partial charge in [-0.2, -0.15) is 0 Å². The first kappa shape index (κ1) is 15.0. The lowest BCUT2D eigenvalue weighted by Gasteiger charge is -2.28.